The molecular formula is C14H30N2O2. The van der Waals surface area contributed by atoms with Gasteiger partial charge in [0, 0.05) is 19.6 Å². The Labute approximate surface area is 112 Å². The standard InChI is InChI=1S/C14H30N2O2/c1-7-9-12(2)15-10-8-11-16(6)13(17)18-14(3,4)5/h12,15H,7-11H2,1-6H3. The number of amides is 1. The third-order valence-corrected chi connectivity index (χ3v) is 2.59. The lowest BCUT2D eigenvalue weighted by atomic mass is 10.2. The van der Waals surface area contributed by atoms with Crippen LogP contribution in [0.25, 0.3) is 0 Å². The number of hydrogen-bond acceptors (Lipinski definition) is 3. The molecule has 4 heteroatoms. The van der Waals surface area contributed by atoms with Crippen molar-refractivity contribution in [1.29, 1.82) is 0 Å². The summed E-state index contributed by atoms with van der Waals surface area (Å²) in [5, 5.41) is 3.45. The van der Waals surface area contributed by atoms with E-state index in [0.717, 1.165) is 19.5 Å². The second-order valence-electron chi connectivity index (χ2n) is 5.90. The second kappa shape index (κ2) is 8.35. The molecule has 0 spiro atoms. The molecule has 0 aliphatic heterocycles. The number of nitrogens with zero attached hydrogens (tertiary/aromatic N) is 1. The van der Waals surface area contributed by atoms with Crippen LogP contribution in [0.5, 0.6) is 0 Å². The zero-order valence-electron chi connectivity index (χ0n) is 12.9. The molecule has 0 aromatic heterocycles. The van der Waals surface area contributed by atoms with Crippen molar-refractivity contribution in [2.45, 2.75) is 65.5 Å². The minimum Gasteiger partial charge on any atom is -0.444 e. The molecule has 0 aromatic carbocycles. The van der Waals surface area contributed by atoms with E-state index in [-0.39, 0.29) is 6.09 Å². The first kappa shape index (κ1) is 17.2. The maximum absolute atomic E-state index is 11.7. The molecule has 18 heavy (non-hydrogen) atoms. The molecule has 1 amide bonds. The van der Waals surface area contributed by atoms with Gasteiger partial charge in [-0.3, -0.25) is 0 Å². The van der Waals surface area contributed by atoms with Crippen LogP contribution >= 0.6 is 0 Å². The van der Waals surface area contributed by atoms with Crippen LogP contribution < -0.4 is 5.32 Å². The van der Waals surface area contributed by atoms with Crippen LogP contribution in [0.3, 0.4) is 0 Å². The number of carbonyl (C=O) groups is 1. The SMILES string of the molecule is CCCC(C)NCCCN(C)C(=O)OC(C)(C)C. The Kier molecular flexibility index (Phi) is 8.00. The Hall–Kier alpha value is -0.770. The lowest BCUT2D eigenvalue weighted by molar-refractivity contribution is 0.0297. The molecular weight excluding hydrogens is 228 g/mol. The molecule has 0 heterocycles. The third-order valence-electron chi connectivity index (χ3n) is 2.59. The van der Waals surface area contributed by atoms with Crippen molar-refractivity contribution in [3.63, 3.8) is 0 Å². The molecule has 1 N–H and O–H groups in total. The zero-order valence-corrected chi connectivity index (χ0v) is 12.9. The molecule has 1 atom stereocenters. The molecule has 0 saturated heterocycles. The summed E-state index contributed by atoms with van der Waals surface area (Å²) in [5.41, 5.74) is -0.417. The van der Waals surface area contributed by atoms with Gasteiger partial charge in [0.05, 0.1) is 0 Å². The molecule has 0 bridgehead atoms. The van der Waals surface area contributed by atoms with Gasteiger partial charge in [-0.2, -0.15) is 0 Å². The van der Waals surface area contributed by atoms with Crippen molar-refractivity contribution in [1.82, 2.24) is 10.2 Å². The van der Waals surface area contributed by atoms with Gasteiger partial charge in [-0.05, 0) is 47.1 Å². The fraction of sp³-hybridized carbons (Fsp3) is 0.929. The van der Waals surface area contributed by atoms with E-state index in [2.05, 4.69) is 19.2 Å². The van der Waals surface area contributed by atoms with E-state index in [4.69, 9.17) is 4.74 Å². The molecule has 0 aromatic rings. The number of carbonyl (C=O) groups excluding carboxylic acids is 1. The topological polar surface area (TPSA) is 41.6 Å². The predicted molar refractivity (Wildman–Crippen MR) is 75.9 cm³/mol. The number of ether oxygens (including phenoxy) is 1. The van der Waals surface area contributed by atoms with Gasteiger partial charge in [0.1, 0.15) is 5.60 Å². The molecule has 108 valence electrons. The molecule has 0 fully saturated rings. The first-order valence-corrected chi connectivity index (χ1v) is 6.93. The lowest BCUT2D eigenvalue weighted by Crippen LogP contribution is -2.36. The molecule has 0 aliphatic rings. The van der Waals surface area contributed by atoms with Crippen molar-refractivity contribution in [2.24, 2.45) is 0 Å². The van der Waals surface area contributed by atoms with Crippen LogP contribution in [0.4, 0.5) is 4.79 Å². The van der Waals surface area contributed by atoms with E-state index in [9.17, 15) is 4.79 Å². The van der Waals surface area contributed by atoms with Crippen molar-refractivity contribution in [2.75, 3.05) is 20.1 Å². The van der Waals surface area contributed by atoms with Gasteiger partial charge >= 0.3 is 6.09 Å². The zero-order chi connectivity index (χ0) is 14.2. The largest absolute Gasteiger partial charge is 0.444 e. The summed E-state index contributed by atoms with van der Waals surface area (Å²) in [6, 6.07) is 0.557. The normalized spacial score (nSPS) is 13.2. The van der Waals surface area contributed by atoms with E-state index >= 15 is 0 Å². The van der Waals surface area contributed by atoms with Crippen molar-refractivity contribution in [3.8, 4) is 0 Å². The van der Waals surface area contributed by atoms with Crippen LogP contribution in [0, 0.1) is 0 Å². The van der Waals surface area contributed by atoms with Gasteiger partial charge in [-0.1, -0.05) is 13.3 Å². The smallest absolute Gasteiger partial charge is 0.410 e. The second-order valence-corrected chi connectivity index (χ2v) is 5.90. The minimum absolute atomic E-state index is 0.246. The van der Waals surface area contributed by atoms with Crippen LogP contribution in [-0.4, -0.2) is 42.8 Å². The van der Waals surface area contributed by atoms with E-state index in [1.54, 1.807) is 11.9 Å². The highest BCUT2D eigenvalue weighted by molar-refractivity contribution is 5.67. The Morgan fingerprint density at radius 2 is 2.00 bits per heavy atom. The lowest BCUT2D eigenvalue weighted by Gasteiger charge is -2.24. The maximum atomic E-state index is 11.7. The molecule has 0 aliphatic carbocycles. The number of nitrogens with one attached hydrogen (secondary N) is 1. The van der Waals surface area contributed by atoms with Crippen LogP contribution in [0.15, 0.2) is 0 Å². The van der Waals surface area contributed by atoms with Gasteiger partial charge < -0.3 is 15.0 Å². The molecule has 0 radical (unpaired) electrons. The summed E-state index contributed by atoms with van der Waals surface area (Å²) in [5.74, 6) is 0. The monoisotopic (exact) mass is 258 g/mol. The highest BCUT2D eigenvalue weighted by Crippen LogP contribution is 2.09. The third kappa shape index (κ3) is 9.28. The molecule has 0 rings (SSSR count). The number of rotatable bonds is 7. The summed E-state index contributed by atoms with van der Waals surface area (Å²) in [6.45, 7) is 11.7. The number of hydrogen-bond donors (Lipinski definition) is 1. The highest BCUT2D eigenvalue weighted by Gasteiger charge is 2.18. The van der Waals surface area contributed by atoms with Gasteiger partial charge in [0.25, 0.3) is 0 Å². The van der Waals surface area contributed by atoms with E-state index in [1.165, 1.54) is 12.8 Å². The molecule has 0 saturated carbocycles. The average Bonchev–Trinajstić information content (AvgIpc) is 2.22. The summed E-state index contributed by atoms with van der Waals surface area (Å²) < 4.78 is 5.28. The summed E-state index contributed by atoms with van der Waals surface area (Å²) in [4.78, 5) is 13.3. The fourth-order valence-corrected chi connectivity index (χ4v) is 1.63. The van der Waals surface area contributed by atoms with Crippen molar-refractivity contribution < 1.29 is 9.53 Å². The Morgan fingerprint density at radius 3 is 2.50 bits per heavy atom. The summed E-state index contributed by atoms with van der Waals surface area (Å²) in [7, 11) is 1.78. The molecule has 4 nitrogen and oxygen atoms in total. The molecule has 1 unspecified atom stereocenters. The first-order chi connectivity index (χ1) is 8.26. The first-order valence-electron chi connectivity index (χ1n) is 6.93. The van der Waals surface area contributed by atoms with Crippen LogP contribution in [-0.2, 0) is 4.74 Å². The van der Waals surface area contributed by atoms with Gasteiger partial charge in [-0.15, -0.1) is 0 Å². The van der Waals surface area contributed by atoms with Gasteiger partial charge in [0.2, 0.25) is 0 Å². The van der Waals surface area contributed by atoms with Crippen LogP contribution in [0.2, 0.25) is 0 Å². The fourth-order valence-electron chi connectivity index (χ4n) is 1.63. The summed E-state index contributed by atoms with van der Waals surface area (Å²) in [6.07, 6.45) is 3.10. The van der Waals surface area contributed by atoms with Gasteiger partial charge in [0.15, 0.2) is 0 Å². The maximum Gasteiger partial charge on any atom is 0.410 e. The van der Waals surface area contributed by atoms with E-state index in [1.807, 2.05) is 20.8 Å². The Morgan fingerprint density at radius 1 is 1.39 bits per heavy atom. The minimum atomic E-state index is -0.417. The average molecular weight is 258 g/mol. The van der Waals surface area contributed by atoms with Crippen LogP contribution in [0.1, 0.15) is 53.9 Å². The van der Waals surface area contributed by atoms with Crippen molar-refractivity contribution in [3.05, 3.63) is 0 Å². The van der Waals surface area contributed by atoms with E-state index < -0.39 is 5.60 Å². The predicted octanol–water partition coefficient (Wildman–Crippen LogP) is 3.02. The van der Waals surface area contributed by atoms with Crippen molar-refractivity contribution >= 4 is 6.09 Å². The Balaban J connectivity index is 3.70. The quantitative estimate of drug-likeness (QED) is 0.714. The Bertz CT molecular complexity index is 236. The van der Waals surface area contributed by atoms with E-state index in [0.29, 0.717) is 6.04 Å². The van der Waals surface area contributed by atoms with Gasteiger partial charge in [-0.25, -0.2) is 4.79 Å². The highest BCUT2D eigenvalue weighted by atomic mass is 16.6. The summed E-state index contributed by atoms with van der Waals surface area (Å²) >= 11 is 0.